The van der Waals surface area contributed by atoms with Crippen LogP contribution in [-0.2, 0) is 19.6 Å². The molecule has 0 aliphatic rings. The third kappa shape index (κ3) is 4.47. The van der Waals surface area contributed by atoms with Crippen molar-refractivity contribution in [1.29, 1.82) is 0 Å². The molecule has 0 N–H and O–H groups in total. The summed E-state index contributed by atoms with van der Waals surface area (Å²) < 4.78 is 0. The predicted octanol–water partition coefficient (Wildman–Crippen LogP) is 3.39. The van der Waals surface area contributed by atoms with Gasteiger partial charge in [0.15, 0.2) is 0 Å². The fourth-order valence-corrected chi connectivity index (χ4v) is 1.15. The van der Waals surface area contributed by atoms with Gasteiger partial charge in [-0.05, 0) is 37.8 Å². The van der Waals surface area contributed by atoms with Gasteiger partial charge >= 0.3 is 5.97 Å². The van der Waals surface area contributed by atoms with E-state index in [0.29, 0.717) is 0 Å². The molecule has 0 radical (unpaired) electrons. The monoisotopic (exact) mass is 252 g/mol. The van der Waals surface area contributed by atoms with Crippen LogP contribution in [-0.4, -0.2) is 11.6 Å². The summed E-state index contributed by atoms with van der Waals surface area (Å²) in [6.07, 6.45) is 0.749. The van der Waals surface area contributed by atoms with Gasteiger partial charge in [-0.15, -0.1) is 0 Å². The van der Waals surface area contributed by atoms with Crippen molar-refractivity contribution in [3.8, 4) is 0 Å². The summed E-state index contributed by atoms with van der Waals surface area (Å²) in [5.41, 5.74) is 0.400. The quantitative estimate of drug-likeness (QED) is 0.575. The zero-order valence-electron chi connectivity index (χ0n) is 11.3. The SMILES string of the molecule is CCC(C)(C)OOOC(=O)C(C)c1ccccc1. The van der Waals surface area contributed by atoms with Crippen molar-refractivity contribution >= 4 is 5.97 Å². The van der Waals surface area contributed by atoms with Gasteiger partial charge in [0.25, 0.3) is 0 Å². The van der Waals surface area contributed by atoms with Crippen LogP contribution in [0.3, 0.4) is 0 Å². The number of hydrogen-bond acceptors (Lipinski definition) is 4. The Morgan fingerprint density at radius 1 is 1.28 bits per heavy atom. The number of benzene rings is 1. The Hall–Kier alpha value is -1.39. The second-order valence-corrected chi connectivity index (χ2v) is 4.80. The zero-order valence-corrected chi connectivity index (χ0v) is 11.3. The standard InChI is InChI=1S/C14H20O4/c1-5-14(3,4)17-18-16-13(15)11(2)12-9-7-6-8-10-12/h6-11H,5H2,1-4H3. The molecular formula is C14H20O4. The molecule has 0 aromatic heterocycles. The summed E-state index contributed by atoms with van der Waals surface area (Å²) in [4.78, 5) is 21.3. The van der Waals surface area contributed by atoms with Gasteiger partial charge in [-0.3, -0.25) is 4.89 Å². The number of rotatable bonds is 6. The highest BCUT2D eigenvalue weighted by Gasteiger charge is 2.21. The third-order valence-electron chi connectivity index (χ3n) is 2.88. The first-order chi connectivity index (χ1) is 8.46. The summed E-state index contributed by atoms with van der Waals surface area (Å²) in [6.45, 7) is 7.41. The van der Waals surface area contributed by atoms with Crippen LogP contribution in [0.25, 0.3) is 0 Å². The lowest BCUT2D eigenvalue weighted by Crippen LogP contribution is -2.25. The summed E-state index contributed by atoms with van der Waals surface area (Å²) in [5.74, 6) is -0.868. The van der Waals surface area contributed by atoms with Crippen LogP contribution < -0.4 is 0 Å². The fraction of sp³-hybridized carbons (Fsp3) is 0.500. The Kier molecular flexibility index (Phi) is 5.31. The van der Waals surface area contributed by atoms with Gasteiger partial charge < -0.3 is 0 Å². The molecule has 4 nitrogen and oxygen atoms in total. The first-order valence-corrected chi connectivity index (χ1v) is 6.07. The van der Waals surface area contributed by atoms with Gasteiger partial charge in [-0.2, -0.15) is 4.89 Å². The topological polar surface area (TPSA) is 44.8 Å². The molecule has 0 bridgehead atoms. The molecule has 1 aromatic rings. The molecule has 0 amide bonds. The van der Waals surface area contributed by atoms with Gasteiger partial charge in [0.05, 0.1) is 5.92 Å². The van der Waals surface area contributed by atoms with E-state index >= 15 is 0 Å². The maximum absolute atomic E-state index is 11.7. The van der Waals surface area contributed by atoms with Crippen LogP contribution in [0.4, 0.5) is 0 Å². The van der Waals surface area contributed by atoms with Crippen molar-refractivity contribution in [3.05, 3.63) is 35.9 Å². The van der Waals surface area contributed by atoms with E-state index in [1.807, 2.05) is 51.1 Å². The Bertz CT molecular complexity index is 373. The minimum atomic E-state index is -0.479. The van der Waals surface area contributed by atoms with Crippen LogP contribution >= 0.6 is 0 Å². The maximum Gasteiger partial charge on any atom is 0.352 e. The molecule has 0 saturated heterocycles. The van der Waals surface area contributed by atoms with Crippen LogP contribution in [0.15, 0.2) is 30.3 Å². The highest BCUT2D eigenvalue weighted by Crippen LogP contribution is 2.18. The van der Waals surface area contributed by atoms with Crippen LogP contribution in [0.1, 0.15) is 45.6 Å². The van der Waals surface area contributed by atoms with E-state index in [1.54, 1.807) is 6.92 Å². The first kappa shape index (κ1) is 14.7. The summed E-state index contributed by atoms with van der Waals surface area (Å²) in [7, 11) is 0. The van der Waals surface area contributed by atoms with Crippen molar-refractivity contribution < 1.29 is 19.6 Å². The van der Waals surface area contributed by atoms with Gasteiger partial charge in [0.1, 0.15) is 5.60 Å². The number of carbonyl (C=O) groups excluding carboxylic acids is 1. The Labute approximate surface area is 108 Å². The van der Waals surface area contributed by atoms with Crippen LogP contribution in [0.2, 0.25) is 0 Å². The molecule has 0 spiro atoms. The van der Waals surface area contributed by atoms with Crippen LogP contribution in [0, 0.1) is 0 Å². The number of carbonyl (C=O) groups is 1. The van der Waals surface area contributed by atoms with Crippen molar-refractivity contribution in [3.63, 3.8) is 0 Å². The highest BCUT2D eigenvalue weighted by atomic mass is 17.5. The van der Waals surface area contributed by atoms with Crippen molar-refractivity contribution in [1.82, 2.24) is 0 Å². The lowest BCUT2D eigenvalue weighted by molar-refractivity contribution is -0.517. The average molecular weight is 252 g/mol. The molecule has 4 heteroatoms. The fourth-order valence-electron chi connectivity index (χ4n) is 1.15. The molecule has 1 aromatic carbocycles. The van der Waals surface area contributed by atoms with E-state index in [9.17, 15) is 4.79 Å². The molecule has 0 aliphatic carbocycles. The van der Waals surface area contributed by atoms with E-state index < -0.39 is 11.6 Å². The van der Waals surface area contributed by atoms with Gasteiger partial charge in [0, 0.05) is 0 Å². The highest BCUT2D eigenvalue weighted by molar-refractivity contribution is 5.77. The zero-order chi connectivity index (χ0) is 13.6. The molecule has 18 heavy (non-hydrogen) atoms. The maximum atomic E-state index is 11.7. The molecule has 0 aliphatic heterocycles. The molecule has 1 unspecified atom stereocenters. The molecule has 100 valence electrons. The molecule has 0 heterocycles. The van der Waals surface area contributed by atoms with Crippen molar-refractivity contribution in [2.24, 2.45) is 0 Å². The molecule has 0 saturated carbocycles. The summed E-state index contributed by atoms with van der Waals surface area (Å²) in [6, 6.07) is 9.36. The Morgan fingerprint density at radius 3 is 2.44 bits per heavy atom. The predicted molar refractivity (Wildman–Crippen MR) is 67.5 cm³/mol. The van der Waals surface area contributed by atoms with E-state index in [0.717, 1.165) is 12.0 Å². The molecule has 0 fully saturated rings. The largest absolute Gasteiger partial charge is 0.352 e. The van der Waals surface area contributed by atoms with Gasteiger partial charge in [-0.1, -0.05) is 37.3 Å². The van der Waals surface area contributed by atoms with Crippen LogP contribution in [0.5, 0.6) is 0 Å². The summed E-state index contributed by atoms with van der Waals surface area (Å²) >= 11 is 0. The third-order valence-corrected chi connectivity index (χ3v) is 2.88. The van der Waals surface area contributed by atoms with E-state index in [2.05, 4.69) is 9.93 Å². The average Bonchev–Trinajstić information content (AvgIpc) is 2.38. The second-order valence-electron chi connectivity index (χ2n) is 4.80. The van der Waals surface area contributed by atoms with E-state index in [-0.39, 0.29) is 5.92 Å². The molecular weight excluding hydrogens is 232 g/mol. The minimum Gasteiger partial charge on any atom is -0.268 e. The van der Waals surface area contributed by atoms with Crippen molar-refractivity contribution in [2.75, 3.05) is 0 Å². The van der Waals surface area contributed by atoms with E-state index in [4.69, 9.17) is 4.89 Å². The smallest absolute Gasteiger partial charge is 0.268 e. The van der Waals surface area contributed by atoms with E-state index in [1.165, 1.54) is 0 Å². The molecule has 1 atom stereocenters. The summed E-state index contributed by atoms with van der Waals surface area (Å²) in [5, 5.41) is 4.54. The second kappa shape index (κ2) is 6.52. The lowest BCUT2D eigenvalue weighted by atomic mass is 10.0. The van der Waals surface area contributed by atoms with Gasteiger partial charge in [-0.25, -0.2) is 4.79 Å². The normalized spacial score (nSPS) is 13.1. The Morgan fingerprint density at radius 2 is 1.89 bits per heavy atom. The van der Waals surface area contributed by atoms with Crippen molar-refractivity contribution in [2.45, 2.75) is 45.6 Å². The Balaban J connectivity index is 2.42. The minimum absolute atomic E-state index is 0.389. The lowest BCUT2D eigenvalue weighted by Gasteiger charge is -2.20. The number of hydrogen-bond donors (Lipinski definition) is 0. The van der Waals surface area contributed by atoms with Gasteiger partial charge in [0.2, 0.25) is 0 Å². The first-order valence-electron chi connectivity index (χ1n) is 6.07. The molecule has 1 rings (SSSR count).